The topological polar surface area (TPSA) is 58.0 Å². The molecule has 3 heterocycles. The van der Waals surface area contributed by atoms with Gasteiger partial charge in [-0.05, 0) is 30.9 Å². The van der Waals surface area contributed by atoms with Gasteiger partial charge in [0.05, 0.1) is 29.7 Å². The molecule has 0 bridgehead atoms. The number of aromatic nitrogens is 4. The van der Waals surface area contributed by atoms with Crippen LogP contribution in [0.25, 0.3) is 0 Å². The van der Waals surface area contributed by atoms with Gasteiger partial charge in [-0.25, -0.2) is 0 Å². The van der Waals surface area contributed by atoms with Crippen LogP contribution in [0.5, 0.6) is 0 Å². The van der Waals surface area contributed by atoms with E-state index in [0.29, 0.717) is 6.04 Å². The quantitative estimate of drug-likeness (QED) is 0.844. The van der Waals surface area contributed by atoms with Gasteiger partial charge in [-0.3, -0.25) is 0 Å². The standard InChI is InChI=1S/C13H16N6S/c1-18(13-6-14-20-17-13)10-7-19(8-10)12-5-9-3-2-4-11(9)15-16-12/h5-6,10H,2-4,7-8H2,1H3. The number of rotatable bonds is 3. The summed E-state index contributed by atoms with van der Waals surface area (Å²) in [4.78, 5) is 4.48. The van der Waals surface area contributed by atoms with Crippen LogP contribution in [0.3, 0.4) is 0 Å². The lowest BCUT2D eigenvalue weighted by atomic mass is 10.1. The van der Waals surface area contributed by atoms with Crippen molar-refractivity contribution in [3.05, 3.63) is 23.5 Å². The summed E-state index contributed by atoms with van der Waals surface area (Å²) >= 11 is 1.25. The first kappa shape index (κ1) is 12.0. The maximum Gasteiger partial charge on any atom is 0.162 e. The zero-order chi connectivity index (χ0) is 13.5. The molecule has 104 valence electrons. The fraction of sp³-hybridized carbons (Fsp3) is 0.538. The molecular weight excluding hydrogens is 272 g/mol. The molecule has 20 heavy (non-hydrogen) atoms. The third-order valence-corrected chi connectivity index (χ3v) is 4.72. The molecule has 0 aromatic carbocycles. The molecule has 2 aromatic heterocycles. The molecule has 6 nitrogen and oxygen atoms in total. The van der Waals surface area contributed by atoms with E-state index in [0.717, 1.165) is 37.6 Å². The summed E-state index contributed by atoms with van der Waals surface area (Å²) in [6, 6.07) is 2.70. The smallest absolute Gasteiger partial charge is 0.162 e. The fourth-order valence-electron chi connectivity index (χ4n) is 2.86. The van der Waals surface area contributed by atoms with Gasteiger partial charge in [0.25, 0.3) is 0 Å². The van der Waals surface area contributed by atoms with E-state index in [1.165, 1.54) is 29.4 Å². The molecule has 1 aliphatic carbocycles. The highest BCUT2D eigenvalue weighted by atomic mass is 32.1. The first-order chi connectivity index (χ1) is 9.81. The van der Waals surface area contributed by atoms with Gasteiger partial charge in [0, 0.05) is 20.1 Å². The normalized spacial score (nSPS) is 17.9. The van der Waals surface area contributed by atoms with E-state index in [1.54, 1.807) is 0 Å². The largest absolute Gasteiger partial charge is 0.351 e. The second kappa shape index (κ2) is 4.66. The van der Waals surface area contributed by atoms with E-state index in [2.05, 4.69) is 41.9 Å². The highest BCUT2D eigenvalue weighted by Crippen LogP contribution is 2.27. The Morgan fingerprint density at radius 1 is 1.30 bits per heavy atom. The van der Waals surface area contributed by atoms with Crippen LogP contribution in [-0.2, 0) is 12.8 Å². The highest BCUT2D eigenvalue weighted by molar-refractivity contribution is 6.99. The lowest BCUT2D eigenvalue weighted by Crippen LogP contribution is -2.59. The average molecular weight is 288 g/mol. The third kappa shape index (κ3) is 1.93. The van der Waals surface area contributed by atoms with Crippen LogP contribution in [0.2, 0.25) is 0 Å². The second-order valence-corrected chi connectivity index (χ2v) is 6.02. The van der Waals surface area contributed by atoms with Gasteiger partial charge < -0.3 is 9.80 Å². The van der Waals surface area contributed by atoms with Crippen molar-refractivity contribution in [2.45, 2.75) is 25.3 Å². The predicted molar refractivity (Wildman–Crippen MR) is 78.4 cm³/mol. The van der Waals surface area contributed by atoms with Gasteiger partial charge in [-0.2, -0.15) is 13.8 Å². The number of nitrogens with zero attached hydrogens (tertiary/aromatic N) is 6. The number of aryl methyl sites for hydroxylation is 2. The molecule has 4 rings (SSSR count). The summed E-state index contributed by atoms with van der Waals surface area (Å²) in [5.74, 6) is 1.98. The number of fused-ring (bicyclic) bond motifs is 1. The van der Waals surface area contributed by atoms with Crippen LogP contribution in [0.15, 0.2) is 12.3 Å². The summed E-state index contributed by atoms with van der Waals surface area (Å²) in [5, 5.41) is 8.72. The fourth-order valence-corrected chi connectivity index (χ4v) is 3.31. The zero-order valence-electron chi connectivity index (χ0n) is 11.4. The van der Waals surface area contributed by atoms with Gasteiger partial charge >= 0.3 is 0 Å². The molecular formula is C13H16N6S. The Kier molecular flexibility index (Phi) is 2.80. The van der Waals surface area contributed by atoms with Crippen molar-refractivity contribution >= 4 is 23.4 Å². The van der Waals surface area contributed by atoms with E-state index in [9.17, 15) is 0 Å². The van der Waals surface area contributed by atoms with Crippen molar-refractivity contribution in [3.63, 3.8) is 0 Å². The monoisotopic (exact) mass is 288 g/mol. The first-order valence-electron chi connectivity index (χ1n) is 6.92. The zero-order valence-corrected chi connectivity index (χ0v) is 12.2. The van der Waals surface area contributed by atoms with E-state index in [4.69, 9.17) is 0 Å². The van der Waals surface area contributed by atoms with Crippen LogP contribution in [-0.4, -0.2) is 45.1 Å². The van der Waals surface area contributed by atoms with Gasteiger partial charge in [0.1, 0.15) is 0 Å². The SMILES string of the molecule is CN(c1cnsn1)C1CN(c2cc3c(nn2)CCC3)C1. The minimum Gasteiger partial charge on any atom is -0.351 e. The lowest BCUT2D eigenvalue weighted by molar-refractivity contribution is 0.488. The Labute approximate surface area is 121 Å². The van der Waals surface area contributed by atoms with Crippen molar-refractivity contribution in [3.8, 4) is 0 Å². The minimum atomic E-state index is 0.481. The molecule has 1 saturated heterocycles. The second-order valence-electron chi connectivity index (χ2n) is 5.46. The number of hydrogen-bond acceptors (Lipinski definition) is 7. The predicted octanol–water partition coefficient (Wildman–Crippen LogP) is 1.14. The van der Waals surface area contributed by atoms with E-state index in [-0.39, 0.29) is 0 Å². The molecule has 2 aromatic rings. The van der Waals surface area contributed by atoms with E-state index >= 15 is 0 Å². The molecule has 7 heteroatoms. The van der Waals surface area contributed by atoms with E-state index < -0.39 is 0 Å². The van der Waals surface area contributed by atoms with Crippen molar-refractivity contribution in [2.24, 2.45) is 0 Å². The van der Waals surface area contributed by atoms with Crippen LogP contribution in [0.1, 0.15) is 17.7 Å². The number of likely N-dealkylation sites (N-methyl/N-ethyl adjacent to an activating group) is 1. The maximum absolute atomic E-state index is 4.36. The number of anilines is 2. The summed E-state index contributed by atoms with van der Waals surface area (Å²) in [6.45, 7) is 1.95. The molecule has 1 aliphatic heterocycles. The van der Waals surface area contributed by atoms with Crippen molar-refractivity contribution < 1.29 is 0 Å². The molecule has 0 amide bonds. The third-order valence-electron chi connectivity index (χ3n) is 4.25. The summed E-state index contributed by atoms with van der Waals surface area (Å²) in [5.41, 5.74) is 2.58. The summed E-state index contributed by atoms with van der Waals surface area (Å²) in [6.07, 6.45) is 5.28. The highest BCUT2D eigenvalue weighted by Gasteiger charge is 2.32. The van der Waals surface area contributed by atoms with Gasteiger partial charge in [0.2, 0.25) is 0 Å². The van der Waals surface area contributed by atoms with Crippen molar-refractivity contribution in [1.29, 1.82) is 0 Å². The molecule has 1 fully saturated rings. The molecule has 0 spiro atoms. The minimum absolute atomic E-state index is 0.481. The molecule has 0 saturated carbocycles. The van der Waals surface area contributed by atoms with E-state index in [1.807, 2.05) is 6.20 Å². The molecule has 0 unspecified atom stereocenters. The Bertz CT molecular complexity index is 607. The van der Waals surface area contributed by atoms with Gasteiger partial charge in [-0.1, -0.05) is 0 Å². The molecule has 0 N–H and O–H groups in total. The van der Waals surface area contributed by atoms with Crippen LogP contribution in [0.4, 0.5) is 11.6 Å². The molecule has 0 radical (unpaired) electrons. The first-order valence-corrected chi connectivity index (χ1v) is 7.65. The van der Waals surface area contributed by atoms with Crippen molar-refractivity contribution in [1.82, 2.24) is 18.9 Å². The summed E-state index contributed by atoms with van der Waals surface area (Å²) < 4.78 is 8.33. The van der Waals surface area contributed by atoms with Crippen LogP contribution >= 0.6 is 11.7 Å². The molecule has 2 aliphatic rings. The Hall–Kier alpha value is -1.76. The van der Waals surface area contributed by atoms with Crippen LogP contribution in [0, 0.1) is 0 Å². The average Bonchev–Trinajstić information content (AvgIpc) is 3.07. The Balaban J connectivity index is 1.44. The Morgan fingerprint density at radius 2 is 2.20 bits per heavy atom. The van der Waals surface area contributed by atoms with Gasteiger partial charge in [-0.15, -0.1) is 5.10 Å². The lowest BCUT2D eigenvalue weighted by Gasteiger charge is -2.44. The maximum atomic E-state index is 4.36. The Morgan fingerprint density at radius 3 is 3.00 bits per heavy atom. The van der Waals surface area contributed by atoms with Crippen LogP contribution < -0.4 is 9.80 Å². The molecule has 0 atom stereocenters. The van der Waals surface area contributed by atoms with Gasteiger partial charge in [0.15, 0.2) is 11.6 Å². The number of hydrogen-bond donors (Lipinski definition) is 0. The van der Waals surface area contributed by atoms with Crippen molar-refractivity contribution in [2.75, 3.05) is 29.9 Å². The summed E-state index contributed by atoms with van der Waals surface area (Å²) in [7, 11) is 2.08.